The van der Waals surface area contributed by atoms with E-state index in [9.17, 15) is 12.8 Å². The van der Waals surface area contributed by atoms with Crippen molar-refractivity contribution in [2.45, 2.75) is 69.2 Å². The molecule has 4 rings (SSSR count). The molecule has 1 aromatic heterocycles. The quantitative estimate of drug-likeness (QED) is 0.698. The van der Waals surface area contributed by atoms with Crippen molar-refractivity contribution in [2.24, 2.45) is 5.41 Å². The zero-order valence-electron chi connectivity index (χ0n) is 17.5. The number of ether oxygens (including phenoxy) is 2. The third-order valence-corrected chi connectivity index (χ3v) is 7.19. The van der Waals surface area contributed by atoms with Crippen molar-refractivity contribution in [3.05, 3.63) is 29.9 Å². The summed E-state index contributed by atoms with van der Waals surface area (Å²) in [6.07, 6.45) is 6.31. The average molecular weight is 439 g/mol. The summed E-state index contributed by atoms with van der Waals surface area (Å²) < 4.78 is 54.3. The van der Waals surface area contributed by atoms with Crippen LogP contribution in [0.5, 0.6) is 0 Å². The Morgan fingerprint density at radius 2 is 2.00 bits per heavy atom. The summed E-state index contributed by atoms with van der Waals surface area (Å²) in [5, 5.41) is 3.86. The zero-order chi connectivity index (χ0) is 21.6. The van der Waals surface area contributed by atoms with Gasteiger partial charge in [0.05, 0.1) is 18.3 Å². The maximum Gasteiger partial charge on any atom is 0.252 e. The molecular formula is C21H27FN2O5S. The number of aromatic nitrogens is 2. The molecular weight excluding hydrogens is 411 g/mol. The fourth-order valence-corrected chi connectivity index (χ4v) is 5.33. The summed E-state index contributed by atoms with van der Waals surface area (Å²) in [4.78, 5) is 3.89. The Balaban J connectivity index is 1.33. The number of hydrogen-bond acceptors (Lipinski definition) is 7. The Kier molecular flexibility index (Phi) is 5.48. The third kappa shape index (κ3) is 4.58. The Morgan fingerprint density at radius 1 is 1.27 bits per heavy atom. The first kappa shape index (κ1) is 21.4. The van der Waals surface area contributed by atoms with Gasteiger partial charge in [0.2, 0.25) is 5.82 Å². The SMILES string of the molecule is CC1(C)CC2(CCC(OCc3nc(-c4ccc(S(C)(=O)=O)c(F)c4)no3)CC2)CO1. The first-order valence-electron chi connectivity index (χ1n) is 10.1. The largest absolute Gasteiger partial charge is 0.375 e. The Hall–Kier alpha value is -1.84. The first-order chi connectivity index (χ1) is 14.1. The highest BCUT2D eigenvalue weighted by Gasteiger charge is 2.46. The monoisotopic (exact) mass is 438 g/mol. The van der Waals surface area contributed by atoms with Gasteiger partial charge in [-0.05, 0) is 69.6 Å². The smallest absolute Gasteiger partial charge is 0.252 e. The zero-order valence-corrected chi connectivity index (χ0v) is 18.3. The molecule has 0 bridgehead atoms. The van der Waals surface area contributed by atoms with Crippen LogP contribution in [0, 0.1) is 11.2 Å². The third-order valence-electron chi connectivity index (χ3n) is 6.06. The molecule has 0 N–H and O–H groups in total. The second-order valence-electron chi connectivity index (χ2n) is 9.16. The molecule has 1 saturated heterocycles. The normalized spacial score (nSPS) is 26.3. The number of nitrogens with zero attached hydrogens (tertiary/aromatic N) is 2. The van der Waals surface area contributed by atoms with E-state index in [2.05, 4.69) is 24.0 Å². The van der Waals surface area contributed by atoms with Crippen LogP contribution in [0.4, 0.5) is 4.39 Å². The lowest BCUT2D eigenvalue weighted by Gasteiger charge is -2.36. The van der Waals surface area contributed by atoms with Crippen LogP contribution >= 0.6 is 0 Å². The predicted molar refractivity (Wildman–Crippen MR) is 107 cm³/mol. The summed E-state index contributed by atoms with van der Waals surface area (Å²) in [5.41, 5.74) is 0.592. The Labute approximate surface area is 175 Å². The van der Waals surface area contributed by atoms with Gasteiger partial charge in [-0.3, -0.25) is 0 Å². The van der Waals surface area contributed by atoms with Crippen LogP contribution < -0.4 is 0 Å². The molecule has 2 fully saturated rings. The van der Waals surface area contributed by atoms with Crippen LogP contribution in [0.25, 0.3) is 11.4 Å². The fourth-order valence-electron chi connectivity index (χ4n) is 4.61. The van der Waals surface area contributed by atoms with Gasteiger partial charge >= 0.3 is 0 Å². The summed E-state index contributed by atoms with van der Waals surface area (Å²) in [5.74, 6) is -0.337. The van der Waals surface area contributed by atoms with Crippen molar-refractivity contribution in [1.82, 2.24) is 10.1 Å². The summed E-state index contributed by atoms with van der Waals surface area (Å²) in [6.45, 7) is 5.32. The van der Waals surface area contributed by atoms with E-state index in [0.717, 1.165) is 51.0 Å². The van der Waals surface area contributed by atoms with E-state index in [1.807, 2.05) is 0 Å². The minimum Gasteiger partial charge on any atom is -0.375 e. The van der Waals surface area contributed by atoms with E-state index < -0.39 is 15.7 Å². The summed E-state index contributed by atoms with van der Waals surface area (Å²) >= 11 is 0. The van der Waals surface area contributed by atoms with Crippen molar-refractivity contribution in [3.63, 3.8) is 0 Å². The standard InChI is InChI=1S/C21H27FN2O5S/c1-20(2)12-21(13-28-20)8-6-15(7-9-21)27-11-18-23-19(24-29-18)14-4-5-17(16(22)10-14)30(3,25)26/h4-5,10,15H,6-9,11-13H2,1-3H3. The lowest BCUT2D eigenvalue weighted by Crippen LogP contribution is -2.32. The second-order valence-corrected chi connectivity index (χ2v) is 11.1. The molecule has 164 valence electrons. The average Bonchev–Trinajstić information content (AvgIpc) is 3.25. The molecule has 2 aromatic rings. The number of rotatable bonds is 5. The van der Waals surface area contributed by atoms with E-state index in [1.54, 1.807) is 0 Å². The van der Waals surface area contributed by atoms with Crippen molar-refractivity contribution < 1.29 is 26.8 Å². The highest BCUT2D eigenvalue weighted by molar-refractivity contribution is 7.90. The molecule has 1 aromatic carbocycles. The lowest BCUT2D eigenvalue weighted by molar-refractivity contribution is -0.0249. The molecule has 1 saturated carbocycles. The van der Waals surface area contributed by atoms with Crippen LogP contribution in [0.2, 0.25) is 0 Å². The lowest BCUT2D eigenvalue weighted by atomic mass is 9.70. The van der Waals surface area contributed by atoms with Crippen molar-refractivity contribution in [2.75, 3.05) is 12.9 Å². The van der Waals surface area contributed by atoms with Crippen LogP contribution in [0.3, 0.4) is 0 Å². The van der Waals surface area contributed by atoms with Gasteiger partial charge < -0.3 is 14.0 Å². The number of benzene rings is 1. The van der Waals surface area contributed by atoms with Crippen LogP contribution in [0.15, 0.2) is 27.6 Å². The molecule has 0 radical (unpaired) electrons. The predicted octanol–water partition coefficient (Wildman–Crippen LogP) is 3.92. The minimum atomic E-state index is -3.63. The first-order valence-corrected chi connectivity index (χ1v) is 12.0. The van der Waals surface area contributed by atoms with Gasteiger partial charge in [-0.25, -0.2) is 12.8 Å². The number of halogens is 1. The van der Waals surface area contributed by atoms with Gasteiger partial charge in [0, 0.05) is 11.8 Å². The van der Waals surface area contributed by atoms with Gasteiger partial charge in [0.1, 0.15) is 17.3 Å². The summed E-state index contributed by atoms with van der Waals surface area (Å²) in [7, 11) is -3.63. The number of sulfone groups is 1. The summed E-state index contributed by atoms with van der Waals surface area (Å²) in [6, 6.07) is 3.76. The molecule has 1 aliphatic carbocycles. The van der Waals surface area contributed by atoms with E-state index in [-0.39, 0.29) is 34.4 Å². The maximum absolute atomic E-state index is 14.1. The van der Waals surface area contributed by atoms with E-state index in [0.29, 0.717) is 11.5 Å². The maximum atomic E-state index is 14.1. The minimum absolute atomic E-state index is 0.0349. The molecule has 0 atom stereocenters. The Bertz CT molecular complexity index is 1030. The van der Waals surface area contributed by atoms with E-state index in [4.69, 9.17) is 14.0 Å². The van der Waals surface area contributed by atoms with E-state index >= 15 is 0 Å². The molecule has 30 heavy (non-hydrogen) atoms. The highest BCUT2D eigenvalue weighted by atomic mass is 32.2. The fraction of sp³-hybridized carbons (Fsp3) is 0.619. The number of hydrogen-bond donors (Lipinski definition) is 0. The molecule has 2 aliphatic rings. The molecule has 9 heteroatoms. The molecule has 0 amide bonds. The van der Waals surface area contributed by atoms with Gasteiger partial charge in [-0.1, -0.05) is 5.16 Å². The molecule has 2 heterocycles. The van der Waals surface area contributed by atoms with Crippen molar-refractivity contribution >= 4 is 9.84 Å². The van der Waals surface area contributed by atoms with Gasteiger partial charge in [-0.2, -0.15) is 4.98 Å². The second kappa shape index (κ2) is 7.69. The van der Waals surface area contributed by atoms with Gasteiger partial charge in [0.15, 0.2) is 9.84 Å². The highest BCUT2D eigenvalue weighted by Crippen LogP contribution is 2.49. The van der Waals surface area contributed by atoms with Crippen LogP contribution in [0.1, 0.15) is 51.8 Å². The molecule has 1 spiro atoms. The van der Waals surface area contributed by atoms with Crippen molar-refractivity contribution in [1.29, 1.82) is 0 Å². The Morgan fingerprint density at radius 3 is 2.60 bits per heavy atom. The van der Waals surface area contributed by atoms with Gasteiger partial charge in [0.25, 0.3) is 5.89 Å². The molecule has 1 aliphatic heterocycles. The van der Waals surface area contributed by atoms with Crippen LogP contribution in [-0.4, -0.2) is 43.1 Å². The topological polar surface area (TPSA) is 91.5 Å². The van der Waals surface area contributed by atoms with Crippen molar-refractivity contribution in [3.8, 4) is 11.4 Å². The van der Waals surface area contributed by atoms with Crippen LogP contribution in [-0.2, 0) is 25.9 Å². The van der Waals surface area contributed by atoms with Gasteiger partial charge in [-0.15, -0.1) is 0 Å². The molecule has 7 nitrogen and oxygen atoms in total. The molecule has 0 unspecified atom stereocenters. The van der Waals surface area contributed by atoms with E-state index in [1.165, 1.54) is 12.1 Å².